The molecular formula is C54H62F3N15O15V7. The van der Waals surface area contributed by atoms with Gasteiger partial charge in [0.2, 0.25) is 23.3 Å². The summed E-state index contributed by atoms with van der Waals surface area (Å²) >= 11 is 0. The molecule has 3 aliphatic heterocycles. The van der Waals surface area contributed by atoms with Gasteiger partial charge in [0.15, 0.2) is 46.2 Å². The van der Waals surface area contributed by atoms with Gasteiger partial charge in [-0.2, -0.15) is 29.9 Å². The first-order valence-corrected chi connectivity index (χ1v) is 26.0. The average Bonchev–Trinajstić information content (AvgIpc) is 1.35. The first-order valence-electron chi connectivity index (χ1n) is 26.0. The third-order valence-corrected chi connectivity index (χ3v) is 12.1. The van der Waals surface area contributed by atoms with Gasteiger partial charge in [-0.05, 0) is 105 Å². The second-order valence-corrected chi connectivity index (χ2v) is 18.0. The molecule has 10 rings (SSSR count). The second kappa shape index (κ2) is 42.7. The van der Waals surface area contributed by atoms with Crippen molar-refractivity contribution in [1.29, 1.82) is 0 Å². The van der Waals surface area contributed by atoms with Gasteiger partial charge in [-0.1, -0.05) is 33.1 Å². The van der Waals surface area contributed by atoms with Crippen LogP contribution >= 0.6 is 0 Å². The molecule has 7 heterocycles. The van der Waals surface area contributed by atoms with E-state index in [-0.39, 0.29) is 257 Å². The Kier molecular flexibility index (Phi) is 40.6. The number of halogens is 3. The Labute approximate surface area is 619 Å². The first-order chi connectivity index (χ1) is 40.9. The van der Waals surface area contributed by atoms with Crippen LogP contribution in [0.15, 0.2) is 71.5 Å². The summed E-state index contributed by atoms with van der Waals surface area (Å²) in [6.07, 6.45) is 3.81. The van der Waals surface area contributed by atoms with Crippen molar-refractivity contribution in [3.05, 3.63) is 132 Å². The monoisotopic (exact) mass is 1570 g/mol. The fourth-order valence-corrected chi connectivity index (χ4v) is 8.14. The van der Waals surface area contributed by atoms with E-state index in [9.17, 15) is 47.8 Å². The van der Waals surface area contributed by atoms with Crippen molar-refractivity contribution < 1.29 is 200 Å². The summed E-state index contributed by atoms with van der Waals surface area (Å²) in [5.74, 6) is -3.06. The van der Waals surface area contributed by atoms with E-state index in [0.29, 0.717) is 66.8 Å². The van der Waals surface area contributed by atoms with E-state index >= 15 is 0 Å². The Morgan fingerprint density at radius 1 is 0.543 bits per heavy atom. The minimum atomic E-state index is -0.913. The summed E-state index contributed by atoms with van der Waals surface area (Å²) in [6, 6.07) is 12.2. The van der Waals surface area contributed by atoms with E-state index in [1.54, 1.807) is 38.1 Å². The molecule has 4 aromatic heterocycles. The van der Waals surface area contributed by atoms with Crippen LogP contribution in [0.3, 0.4) is 0 Å². The number of benzene rings is 3. The molecule has 0 spiro atoms. The van der Waals surface area contributed by atoms with Gasteiger partial charge in [0.1, 0.15) is 18.7 Å². The molecule has 0 atom stereocenters. The molecule has 2 amide bonds. The number of nitro groups is 2. The van der Waals surface area contributed by atoms with E-state index in [1.807, 2.05) is 0 Å². The number of aromatic nitrogens is 8. The Balaban J connectivity index is 0. The molecule has 0 saturated heterocycles. The van der Waals surface area contributed by atoms with Crippen molar-refractivity contribution in [3.8, 4) is 35.3 Å². The van der Waals surface area contributed by atoms with Crippen molar-refractivity contribution in [2.75, 3.05) is 79.9 Å². The fourth-order valence-electron chi connectivity index (χ4n) is 8.14. The van der Waals surface area contributed by atoms with Crippen LogP contribution < -0.4 is 61.1 Å². The van der Waals surface area contributed by atoms with Crippen molar-refractivity contribution in [3.63, 3.8) is 0 Å². The van der Waals surface area contributed by atoms with Crippen molar-refractivity contribution in [2.24, 2.45) is 0 Å². The van der Waals surface area contributed by atoms with E-state index in [2.05, 4.69) is 34.9 Å². The smallest absolute Gasteiger partial charge is 0.415 e. The zero-order chi connectivity index (χ0) is 60.7. The van der Waals surface area contributed by atoms with Gasteiger partial charge in [0.05, 0.1) is 69.1 Å². The van der Waals surface area contributed by atoms with Crippen molar-refractivity contribution >= 4 is 63.8 Å². The molecule has 40 heteroatoms. The van der Waals surface area contributed by atoms with Gasteiger partial charge in [0.25, 0.3) is 0 Å². The van der Waals surface area contributed by atoms with Gasteiger partial charge >= 0.3 is 47.3 Å². The van der Waals surface area contributed by atoms with Crippen LogP contribution in [0.4, 0.5) is 63.2 Å². The molecule has 7 aromatic rings. The number of ether oxygens (including phenoxy) is 8. The van der Waals surface area contributed by atoms with Gasteiger partial charge in [0, 0.05) is 130 Å². The molecular weight excluding hydrogens is 1510 g/mol. The van der Waals surface area contributed by atoms with Crippen LogP contribution in [-0.2, 0) is 159 Å². The number of fused-ring (bicyclic) bond motifs is 11. The number of H-pyrrole nitrogens is 1. The molecule has 7 N–H and O–H groups in total. The van der Waals surface area contributed by atoms with Crippen LogP contribution in [0.5, 0.6) is 35.3 Å². The number of hydrogen-bond donors (Lipinski definition) is 4. The van der Waals surface area contributed by atoms with Crippen molar-refractivity contribution in [1.82, 2.24) is 39.5 Å². The summed E-state index contributed by atoms with van der Waals surface area (Å²) < 4.78 is 86.1. The number of imidazole rings is 1. The number of anilines is 5. The number of carbonyl (C=O) groups is 2. The second-order valence-electron chi connectivity index (χ2n) is 18.0. The number of nitrogens with zero attached hydrogens (tertiary/aromatic N) is 11. The first kappa shape index (κ1) is 89.4. The molecule has 0 fully saturated rings. The Morgan fingerprint density at radius 2 is 0.904 bits per heavy atom. The van der Waals surface area contributed by atoms with Crippen LogP contribution in [-0.4, -0.2) is 114 Å². The third kappa shape index (κ3) is 23.3. The summed E-state index contributed by atoms with van der Waals surface area (Å²) in [5.41, 5.74) is 17.9. The van der Waals surface area contributed by atoms with Gasteiger partial charge < -0.3 is 60.1 Å². The van der Waals surface area contributed by atoms with E-state index in [1.165, 1.54) is 47.0 Å². The number of rotatable bonds is 4. The Bertz CT molecular complexity index is 3740. The molecule has 7 radical (unpaired) electrons. The summed E-state index contributed by atoms with van der Waals surface area (Å²) in [7, 11) is 0. The topological polar surface area (TPSA) is 394 Å². The number of nitrogens with one attached hydrogen (secondary N) is 1. The molecule has 30 nitrogen and oxygen atoms in total. The zero-order valence-corrected chi connectivity index (χ0v) is 58.3. The molecule has 3 aromatic carbocycles. The molecule has 94 heavy (non-hydrogen) atoms. The van der Waals surface area contributed by atoms with Crippen LogP contribution in [0.1, 0.15) is 71.1 Å². The maximum absolute atomic E-state index is 14.1. The molecule has 12 bridgehead atoms. The number of nitrogen functional groups attached to an aromatic ring is 3. The molecule has 0 saturated carbocycles. The zero-order valence-electron chi connectivity index (χ0n) is 48.5. The Morgan fingerprint density at radius 3 is 1.32 bits per heavy atom. The number of nitrogens with two attached hydrogens (primary N) is 3. The Hall–Kier alpha value is -6.67. The minimum absolute atomic E-state index is 0. The van der Waals surface area contributed by atoms with Crippen molar-refractivity contribution in [2.45, 2.75) is 74.0 Å². The summed E-state index contributed by atoms with van der Waals surface area (Å²) in [6.45, 7) is 4.13. The van der Waals surface area contributed by atoms with Crippen LogP contribution in [0.25, 0.3) is 11.2 Å². The maximum atomic E-state index is 14.1. The predicted octanol–water partition coefficient (Wildman–Crippen LogP) is 8.11. The standard InChI is InChI=1S/C18H20FN5O6.C18H18FN5O6.C16H16FN5O3.2CH4.7V/c2*1-2-28-18(25)23-10-11-5-6-12(19)13(9-11)29-7-3-4-8-30-17-21-15(20)14(24(26)27)16(23)22-17;17-10-4-3-9-7-11(10)24-5-1-2-6-25-15-20-13(18)12-14(21-15)22(8-9)16(23)19-12;;;;;;;;;/h5-6,9H,2-4,7-8,10H2,1H3,(H2,20,21,22);3-6,9H,2,7-8,10H2,1H3,(H2,20,21,22);3-4,7H,1-2,5-6,8H2,(H,19,23)(H2,18,20,21);2*1H4;;;;;;;/b;4-3-;;;;;;;;;;. The molecule has 0 aliphatic carbocycles. The van der Waals surface area contributed by atoms with Crippen LogP contribution in [0, 0.1) is 37.7 Å². The number of hydrogen-bond acceptors (Lipinski definition) is 24. The van der Waals surface area contributed by atoms with Gasteiger partial charge in [-0.15, -0.1) is 0 Å². The molecule has 0 unspecified atom stereocenters. The molecule has 3 aliphatic rings. The summed E-state index contributed by atoms with van der Waals surface area (Å²) in [4.78, 5) is 87.7. The van der Waals surface area contributed by atoms with E-state index in [0.717, 1.165) is 9.80 Å². The van der Waals surface area contributed by atoms with E-state index < -0.39 is 68.3 Å². The quantitative estimate of drug-likeness (QED) is 0.0734. The summed E-state index contributed by atoms with van der Waals surface area (Å²) in [5, 5.41) is 23.2. The SMILES string of the molecule is C.C.CCOC(=O)N1Cc2ccc(F)c(c2)OC/C=C\COc2nc(N)c([N+](=O)[O-])c1n2.CCOC(=O)N1Cc2ccc(F)c(c2)OCCCCOc2nc(N)c([N+](=O)[O-])c1n2.Nc1nc2nc3c1[nH]c(=O)n3Cc1ccc(F)c(c1)OCCCCO2.[V].[V].[V].[V].[V].[V].[V]. The minimum Gasteiger partial charge on any atom is -0.491 e. The number of carbonyl (C=O) groups excluding carboxylic acids is 2. The third-order valence-electron chi connectivity index (χ3n) is 12.1. The number of amides is 2. The van der Waals surface area contributed by atoms with E-state index in [4.69, 9.17) is 55.1 Å². The normalized spacial score (nSPS) is 13.1. The molecule has 499 valence electrons. The van der Waals surface area contributed by atoms with Gasteiger partial charge in [-0.3, -0.25) is 34.6 Å². The van der Waals surface area contributed by atoms with Gasteiger partial charge in [-0.25, -0.2) is 27.6 Å². The van der Waals surface area contributed by atoms with Crippen LogP contribution in [0.2, 0.25) is 0 Å². The fraction of sp³-hybridized carbons (Fsp3) is 0.352. The average molecular weight is 1570 g/mol. The maximum Gasteiger partial charge on any atom is 0.415 e. The predicted molar refractivity (Wildman–Crippen MR) is 308 cm³/mol. The largest absolute Gasteiger partial charge is 0.491 e. The number of aromatic amines is 1.